The topological polar surface area (TPSA) is 70.5 Å². The zero-order valence-corrected chi connectivity index (χ0v) is 17.3. The molecule has 7 nitrogen and oxygen atoms in total. The highest BCUT2D eigenvalue weighted by molar-refractivity contribution is 6.02. The van der Waals surface area contributed by atoms with Crippen LogP contribution >= 0.6 is 0 Å². The Hall–Kier alpha value is -2.83. The van der Waals surface area contributed by atoms with Crippen LogP contribution in [0.5, 0.6) is 0 Å². The van der Waals surface area contributed by atoms with Gasteiger partial charge in [0.2, 0.25) is 5.91 Å². The zero-order chi connectivity index (χ0) is 20.4. The molecule has 1 aliphatic heterocycles. The Morgan fingerprint density at radius 2 is 1.96 bits per heavy atom. The smallest absolute Gasteiger partial charge is 0.313 e. The predicted molar refractivity (Wildman–Crippen MR) is 111 cm³/mol. The summed E-state index contributed by atoms with van der Waals surface area (Å²) < 4.78 is 1.90. The molecule has 1 aromatic heterocycles. The Balaban J connectivity index is 1.77. The lowest BCUT2D eigenvalue weighted by Crippen LogP contribution is -2.47. The van der Waals surface area contributed by atoms with E-state index in [4.69, 9.17) is 0 Å². The van der Waals surface area contributed by atoms with Gasteiger partial charge in [-0.1, -0.05) is 18.2 Å². The summed E-state index contributed by atoms with van der Waals surface area (Å²) in [6, 6.07) is 9.10. The number of rotatable bonds is 5. The highest BCUT2D eigenvalue weighted by atomic mass is 16.2. The Kier molecular flexibility index (Phi) is 5.72. The van der Waals surface area contributed by atoms with E-state index >= 15 is 0 Å². The van der Waals surface area contributed by atoms with Gasteiger partial charge in [-0.05, 0) is 53.2 Å². The molecule has 0 saturated carbocycles. The number of nitrogens with zero attached hydrogens (tertiary/aromatic N) is 4. The van der Waals surface area contributed by atoms with Crippen molar-refractivity contribution in [2.24, 2.45) is 0 Å². The van der Waals surface area contributed by atoms with Crippen LogP contribution in [0.2, 0.25) is 0 Å². The first-order valence-corrected chi connectivity index (χ1v) is 9.84. The van der Waals surface area contributed by atoms with E-state index in [1.165, 1.54) is 0 Å². The van der Waals surface area contributed by atoms with Crippen molar-refractivity contribution in [3.05, 3.63) is 41.7 Å². The molecule has 150 valence electrons. The minimum atomic E-state index is -0.453. The summed E-state index contributed by atoms with van der Waals surface area (Å²) in [6.45, 7) is 10.9. The molecule has 1 N–H and O–H groups in total. The van der Waals surface area contributed by atoms with E-state index in [-0.39, 0.29) is 18.0 Å². The average molecular weight is 383 g/mol. The second-order valence-corrected chi connectivity index (χ2v) is 7.43. The van der Waals surface area contributed by atoms with E-state index in [0.717, 1.165) is 22.8 Å². The quantitative estimate of drug-likeness (QED) is 0.855. The van der Waals surface area contributed by atoms with Crippen LogP contribution in [-0.4, -0.2) is 45.8 Å². The van der Waals surface area contributed by atoms with E-state index in [9.17, 15) is 9.59 Å². The molecule has 1 aliphatic rings. The normalized spacial score (nSPS) is 16.7. The molecule has 0 radical (unpaired) electrons. The number of para-hydroxylation sites is 1. The van der Waals surface area contributed by atoms with E-state index < -0.39 is 6.04 Å². The first-order valence-electron chi connectivity index (χ1n) is 9.84. The molecule has 2 heterocycles. The molecule has 3 rings (SSSR count). The van der Waals surface area contributed by atoms with Crippen LogP contribution in [0.1, 0.15) is 44.6 Å². The van der Waals surface area contributed by atoms with Crippen molar-refractivity contribution in [2.45, 2.75) is 53.1 Å². The maximum atomic E-state index is 13.0. The van der Waals surface area contributed by atoms with E-state index in [1.807, 2.05) is 55.8 Å². The summed E-state index contributed by atoms with van der Waals surface area (Å²) in [5, 5.41) is 7.51. The van der Waals surface area contributed by atoms with Crippen molar-refractivity contribution in [1.82, 2.24) is 14.7 Å². The number of likely N-dealkylation sites (N-methyl/N-ethyl adjacent to an activating group) is 1. The van der Waals surface area contributed by atoms with Gasteiger partial charge in [-0.25, -0.2) is 4.79 Å². The van der Waals surface area contributed by atoms with Crippen molar-refractivity contribution in [2.75, 3.05) is 23.3 Å². The van der Waals surface area contributed by atoms with Crippen LogP contribution in [-0.2, 0) is 4.79 Å². The maximum absolute atomic E-state index is 13.0. The van der Waals surface area contributed by atoms with Crippen LogP contribution < -0.4 is 10.2 Å². The highest BCUT2D eigenvalue weighted by Gasteiger charge is 2.38. The van der Waals surface area contributed by atoms with E-state index in [0.29, 0.717) is 19.5 Å². The lowest BCUT2D eigenvalue weighted by atomic mass is 10.2. The van der Waals surface area contributed by atoms with Crippen molar-refractivity contribution >= 4 is 23.3 Å². The predicted octanol–water partition coefficient (Wildman–Crippen LogP) is 3.74. The van der Waals surface area contributed by atoms with Crippen LogP contribution in [0, 0.1) is 13.8 Å². The van der Waals surface area contributed by atoms with Crippen LogP contribution in [0.4, 0.5) is 16.2 Å². The van der Waals surface area contributed by atoms with Gasteiger partial charge in [0.15, 0.2) is 0 Å². The summed E-state index contributed by atoms with van der Waals surface area (Å²) in [6.07, 6.45) is 0.623. The number of hydrogen-bond donors (Lipinski definition) is 1. The molecule has 1 saturated heterocycles. The standard InChI is InChI=1S/C21H29N5O2/c1-6-24(18-12-13-25(20(18)27)17-10-8-7-9-11-17)21(28)22-19-15(4)23-26(14(2)3)16(19)5/h7-11,14,18H,6,12-13H2,1-5H3,(H,22,28). The van der Waals surface area contributed by atoms with Gasteiger partial charge in [-0.3, -0.25) is 9.48 Å². The minimum absolute atomic E-state index is 0.0329. The fraction of sp³-hybridized carbons (Fsp3) is 0.476. The molecule has 0 aliphatic carbocycles. The zero-order valence-electron chi connectivity index (χ0n) is 17.3. The Morgan fingerprint density at radius 3 is 2.54 bits per heavy atom. The first kappa shape index (κ1) is 19.9. The van der Waals surface area contributed by atoms with Gasteiger partial charge in [0, 0.05) is 24.8 Å². The SMILES string of the molecule is CCN(C(=O)Nc1c(C)nn(C(C)C)c1C)C1CCN(c2ccccc2)C1=O. The fourth-order valence-corrected chi connectivity index (χ4v) is 3.85. The van der Waals surface area contributed by atoms with E-state index in [2.05, 4.69) is 24.3 Å². The second kappa shape index (κ2) is 8.04. The molecular weight excluding hydrogens is 354 g/mol. The summed E-state index contributed by atoms with van der Waals surface area (Å²) in [7, 11) is 0. The molecule has 0 spiro atoms. The summed E-state index contributed by atoms with van der Waals surface area (Å²) in [5.41, 5.74) is 3.29. The summed E-state index contributed by atoms with van der Waals surface area (Å²) in [4.78, 5) is 29.4. The Bertz CT molecular complexity index is 859. The Labute approximate surface area is 166 Å². The summed E-state index contributed by atoms with van der Waals surface area (Å²) >= 11 is 0. The van der Waals surface area contributed by atoms with Crippen LogP contribution in [0.15, 0.2) is 30.3 Å². The van der Waals surface area contributed by atoms with Gasteiger partial charge >= 0.3 is 6.03 Å². The third kappa shape index (κ3) is 3.61. The molecule has 3 amide bonds. The maximum Gasteiger partial charge on any atom is 0.322 e. The molecule has 1 aromatic carbocycles. The number of anilines is 2. The molecule has 28 heavy (non-hydrogen) atoms. The van der Waals surface area contributed by atoms with Crippen LogP contribution in [0.3, 0.4) is 0 Å². The largest absolute Gasteiger partial charge is 0.322 e. The molecule has 1 atom stereocenters. The fourth-order valence-electron chi connectivity index (χ4n) is 3.85. The van der Waals surface area contributed by atoms with Gasteiger partial charge in [-0.2, -0.15) is 5.10 Å². The minimum Gasteiger partial charge on any atom is -0.313 e. The number of carbonyl (C=O) groups is 2. The van der Waals surface area contributed by atoms with Gasteiger partial charge in [-0.15, -0.1) is 0 Å². The van der Waals surface area contributed by atoms with Gasteiger partial charge in [0.1, 0.15) is 6.04 Å². The third-order valence-corrected chi connectivity index (χ3v) is 5.27. The number of aromatic nitrogens is 2. The van der Waals surface area contributed by atoms with Crippen LogP contribution in [0.25, 0.3) is 0 Å². The number of carbonyl (C=O) groups excluding carboxylic acids is 2. The van der Waals surface area contributed by atoms with Crippen molar-refractivity contribution in [3.8, 4) is 0 Å². The molecule has 7 heteroatoms. The summed E-state index contributed by atoms with van der Waals surface area (Å²) in [5.74, 6) is -0.0329. The molecule has 2 aromatic rings. The van der Waals surface area contributed by atoms with Crippen molar-refractivity contribution in [1.29, 1.82) is 0 Å². The molecule has 1 fully saturated rings. The average Bonchev–Trinajstić information content (AvgIpc) is 3.18. The molecule has 0 bridgehead atoms. The second-order valence-electron chi connectivity index (χ2n) is 7.43. The number of nitrogens with one attached hydrogen (secondary N) is 1. The highest BCUT2D eigenvalue weighted by Crippen LogP contribution is 2.26. The molecular formula is C21H29N5O2. The van der Waals surface area contributed by atoms with E-state index in [1.54, 1.807) is 9.80 Å². The monoisotopic (exact) mass is 383 g/mol. The van der Waals surface area contributed by atoms with Crippen molar-refractivity contribution in [3.63, 3.8) is 0 Å². The number of aryl methyl sites for hydroxylation is 1. The van der Waals surface area contributed by atoms with Gasteiger partial charge in [0.05, 0.1) is 17.1 Å². The lowest BCUT2D eigenvalue weighted by molar-refractivity contribution is -0.120. The number of amides is 3. The lowest BCUT2D eigenvalue weighted by Gasteiger charge is -2.27. The number of urea groups is 1. The van der Waals surface area contributed by atoms with Crippen molar-refractivity contribution < 1.29 is 9.59 Å². The third-order valence-electron chi connectivity index (χ3n) is 5.27. The van der Waals surface area contributed by atoms with Gasteiger partial charge in [0.25, 0.3) is 0 Å². The van der Waals surface area contributed by atoms with Gasteiger partial charge < -0.3 is 15.1 Å². The molecule has 1 unspecified atom stereocenters. The number of benzene rings is 1. The number of hydrogen-bond acceptors (Lipinski definition) is 3. The first-order chi connectivity index (χ1) is 13.3. The Morgan fingerprint density at radius 1 is 1.29 bits per heavy atom.